The van der Waals surface area contributed by atoms with Crippen LogP contribution in [0.4, 0.5) is 8.78 Å². The molecule has 10 nitrogen and oxygen atoms in total. The summed E-state index contributed by atoms with van der Waals surface area (Å²) in [5.74, 6) is -6.88. The van der Waals surface area contributed by atoms with Crippen LogP contribution in [0.15, 0.2) is 12.7 Å². The number of nitrogens with one attached hydrogen (secondary N) is 2. The van der Waals surface area contributed by atoms with E-state index in [1.54, 1.807) is 6.08 Å². The van der Waals surface area contributed by atoms with Crippen LogP contribution in [0.2, 0.25) is 0 Å². The van der Waals surface area contributed by atoms with Crippen LogP contribution in [0.1, 0.15) is 71.1 Å². The number of hydroxylamine groups is 2. The summed E-state index contributed by atoms with van der Waals surface area (Å²) in [4.78, 5) is 63.0. The Morgan fingerprint density at radius 3 is 2.25 bits per heavy atom. The maximum Gasteiger partial charge on any atom is 0.333 e. The first-order chi connectivity index (χ1) is 17.1. The van der Waals surface area contributed by atoms with Crippen molar-refractivity contribution in [1.29, 1.82) is 0 Å². The molecular formula is C24H37F2N3O7. The van der Waals surface area contributed by atoms with Gasteiger partial charge in [0.2, 0.25) is 11.8 Å². The molecule has 1 aliphatic rings. The maximum atomic E-state index is 14.2. The Labute approximate surface area is 210 Å². The predicted molar refractivity (Wildman–Crippen MR) is 125 cm³/mol. The van der Waals surface area contributed by atoms with Gasteiger partial charge in [-0.15, -0.1) is 11.6 Å². The van der Waals surface area contributed by atoms with Crippen LogP contribution in [0.25, 0.3) is 0 Å². The number of ether oxygens (including phenoxy) is 1. The van der Waals surface area contributed by atoms with Gasteiger partial charge in [0.05, 0.1) is 19.6 Å². The first kappa shape index (κ1) is 31.1. The second-order valence-corrected chi connectivity index (χ2v) is 8.45. The Kier molecular flexibility index (Phi) is 14.5. The fourth-order valence-electron chi connectivity index (χ4n) is 3.46. The molecule has 12 heteroatoms. The van der Waals surface area contributed by atoms with E-state index < -0.39 is 41.4 Å². The van der Waals surface area contributed by atoms with Crippen molar-refractivity contribution in [2.24, 2.45) is 5.92 Å². The molecule has 1 saturated heterocycles. The van der Waals surface area contributed by atoms with Gasteiger partial charge in [0.15, 0.2) is 0 Å². The van der Waals surface area contributed by atoms with Gasteiger partial charge in [0.25, 0.3) is 17.7 Å². The van der Waals surface area contributed by atoms with Gasteiger partial charge < -0.3 is 20.2 Å². The number of amides is 4. The third-order valence-electron chi connectivity index (χ3n) is 5.60. The van der Waals surface area contributed by atoms with Crippen molar-refractivity contribution in [2.45, 2.75) is 77.1 Å². The maximum absolute atomic E-state index is 14.2. The summed E-state index contributed by atoms with van der Waals surface area (Å²) >= 11 is 0. The smallest absolute Gasteiger partial charge is 0.333 e. The number of hydrogen-bond acceptors (Lipinski definition) is 7. The molecule has 1 aliphatic heterocycles. The van der Waals surface area contributed by atoms with E-state index in [2.05, 4.69) is 22.1 Å². The van der Waals surface area contributed by atoms with Crippen molar-refractivity contribution < 1.29 is 42.3 Å². The van der Waals surface area contributed by atoms with Crippen molar-refractivity contribution in [3.8, 4) is 0 Å². The van der Waals surface area contributed by atoms with E-state index in [1.165, 1.54) is 6.92 Å². The average molecular weight is 518 g/mol. The molecule has 1 unspecified atom stereocenters. The molecule has 36 heavy (non-hydrogen) atoms. The minimum atomic E-state index is -2.90. The normalized spacial score (nSPS) is 14.5. The third-order valence-corrected chi connectivity index (χ3v) is 5.60. The lowest BCUT2D eigenvalue weighted by Gasteiger charge is -2.25. The fraction of sp³-hybridized carbons (Fsp3) is 0.708. The van der Waals surface area contributed by atoms with Gasteiger partial charge in [-0.2, -0.15) is 0 Å². The quantitative estimate of drug-likeness (QED) is 0.153. The molecule has 0 bridgehead atoms. The molecule has 0 saturated carbocycles. The molecule has 1 heterocycles. The lowest BCUT2D eigenvalue weighted by atomic mass is 9.89. The van der Waals surface area contributed by atoms with Gasteiger partial charge in [0, 0.05) is 51.1 Å². The number of carbonyl (C=O) groups is 5. The number of unbranched alkanes of at least 4 members (excludes halogenated alkanes) is 2. The molecule has 0 aromatic rings. The number of alkyl halides is 2. The highest BCUT2D eigenvalue weighted by Gasteiger charge is 2.38. The summed E-state index contributed by atoms with van der Waals surface area (Å²) in [7, 11) is 0. The molecule has 0 spiro atoms. The van der Waals surface area contributed by atoms with E-state index in [0.717, 1.165) is 12.8 Å². The Balaban J connectivity index is 2.14. The number of imide groups is 1. The first-order valence-electron chi connectivity index (χ1n) is 12.3. The molecule has 0 aliphatic carbocycles. The molecule has 2 N–H and O–H groups in total. The Morgan fingerprint density at radius 2 is 1.67 bits per heavy atom. The highest BCUT2D eigenvalue weighted by Crippen LogP contribution is 2.34. The van der Waals surface area contributed by atoms with E-state index in [4.69, 9.17) is 4.74 Å². The van der Waals surface area contributed by atoms with Crippen LogP contribution in [-0.2, 0) is 33.5 Å². The van der Waals surface area contributed by atoms with Crippen molar-refractivity contribution in [2.75, 3.05) is 26.3 Å². The third kappa shape index (κ3) is 12.2. The highest BCUT2D eigenvalue weighted by molar-refractivity contribution is 6.01. The van der Waals surface area contributed by atoms with Crippen LogP contribution in [0.3, 0.4) is 0 Å². The van der Waals surface area contributed by atoms with Gasteiger partial charge in [-0.05, 0) is 19.3 Å². The fourth-order valence-corrected chi connectivity index (χ4v) is 3.46. The topological polar surface area (TPSA) is 131 Å². The summed E-state index contributed by atoms with van der Waals surface area (Å²) in [6.45, 7) is 5.60. The van der Waals surface area contributed by atoms with E-state index in [1.807, 2.05) is 0 Å². The van der Waals surface area contributed by atoms with Gasteiger partial charge in [-0.3, -0.25) is 19.2 Å². The molecule has 0 radical (unpaired) electrons. The minimum Gasteiger partial charge on any atom is -0.378 e. The van der Waals surface area contributed by atoms with E-state index in [-0.39, 0.29) is 71.2 Å². The van der Waals surface area contributed by atoms with Crippen LogP contribution in [0.5, 0.6) is 0 Å². The molecule has 1 atom stereocenters. The lowest BCUT2D eigenvalue weighted by molar-refractivity contribution is -0.197. The number of carbonyl (C=O) groups excluding carboxylic acids is 5. The van der Waals surface area contributed by atoms with E-state index in [0.29, 0.717) is 11.5 Å². The predicted octanol–water partition coefficient (Wildman–Crippen LogP) is 2.42. The van der Waals surface area contributed by atoms with E-state index in [9.17, 15) is 32.8 Å². The molecule has 1 rings (SSSR count). The second-order valence-electron chi connectivity index (χ2n) is 8.45. The number of nitrogens with zero attached hydrogens (tertiary/aromatic N) is 1. The summed E-state index contributed by atoms with van der Waals surface area (Å²) in [6, 6.07) is 0. The Bertz CT molecular complexity index is 761. The summed E-state index contributed by atoms with van der Waals surface area (Å²) < 4.78 is 33.7. The molecule has 0 aromatic carbocycles. The standard InChI is InChI=1S/C24H37F2N3O7/c1-3-5-6-7-8-18(24(25,26)4-2)17-20(31)28-14-16-35-15-13-27-19(30)9-12-23(34)36-29-21(32)10-11-22(29)33/h3,18H,1,4-17H2,2H3,(H,27,30)(H,28,31). The summed E-state index contributed by atoms with van der Waals surface area (Å²) in [6.07, 6.45) is 3.03. The Morgan fingerprint density at radius 1 is 1.06 bits per heavy atom. The summed E-state index contributed by atoms with van der Waals surface area (Å²) in [5, 5.41) is 5.53. The second kappa shape index (κ2) is 16.7. The number of hydrogen-bond donors (Lipinski definition) is 2. The molecule has 204 valence electrons. The minimum absolute atomic E-state index is 0.0119. The van der Waals surface area contributed by atoms with Crippen molar-refractivity contribution in [3.05, 3.63) is 12.7 Å². The van der Waals surface area contributed by atoms with Crippen LogP contribution in [-0.4, -0.2) is 66.9 Å². The van der Waals surface area contributed by atoms with Crippen LogP contribution >= 0.6 is 0 Å². The first-order valence-corrected chi connectivity index (χ1v) is 12.3. The number of halogens is 2. The average Bonchev–Trinajstić information content (AvgIpc) is 3.15. The molecule has 0 aromatic heterocycles. The largest absolute Gasteiger partial charge is 0.378 e. The van der Waals surface area contributed by atoms with Crippen molar-refractivity contribution in [1.82, 2.24) is 15.7 Å². The Hall–Kier alpha value is -2.89. The monoisotopic (exact) mass is 517 g/mol. The van der Waals surface area contributed by atoms with Gasteiger partial charge >= 0.3 is 5.97 Å². The zero-order valence-electron chi connectivity index (χ0n) is 20.8. The lowest BCUT2D eigenvalue weighted by Crippen LogP contribution is -2.35. The molecule has 4 amide bonds. The van der Waals surface area contributed by atoms with Crippen LogP contribution < -0.4 is 10.6 Å². The van der Waals surface area contributed by atoms with Gasteiger partial charge in [-0.25, -0.2) is 13.6 Å². The number of allylic oxidation sites excluding steroid dienone is 1. The van der Waals surface area contributed by atoms with Gasteiger partial charge in [-0.1, -0.05) is 19.4 Å². The van der Waals surface area contributed by atoms with Crippen molar-refractivity contribution in [3.63, 3.8) is 0 Å². The SMILES string of the molecule is C=CCCCCC(CC(=O)NCCOCCNC(=O)CCC(=O)ON1C(=O)CCC1=O)C(F)(F)CC. The summed E-state index contributed by atoms with van der Waals surface area (Å²) in [5.41, 5.74) is 0. The van der Waals surface area contributed by atoms with Crippen molar-refractivity contribution >= 4 is 29.6 Å². The van der Waals surface area contributed by atoms with E-state index >= 15 is 0 Å². The van der Waals surface area contributed by atoms with Crippen LogP contribution in [0, 0.1) is 5.92 Å². The molecule has 1 fully saturated rings. The highest BCUT2D eigenvalue weighted by atomic mass is 19.3. The van der Waals surface area contributed by atoms with Gasteiger partial charge in [0.1, 0.15) is 0 Å². The zero-order chi connectivity index (χ0) is 27.0. The zero-order valence-corrected chi connectivity index (χ0v) is 20.8. The molecular weight excluding hydrogens is 480 g/mol. The number of rotatable bonds is 19.